The van der Waals surface area contributed by atoms with Crippen molar-refractivity contribution in [3.63, 3.8) is 0 Å². The summed E-state index contributed by atoms with van der Waals surface area (Å²) in [6.45, 7) is 4.78. The molecule has 1 saturated heterocycles. The highest BCUT2D eigenvalue weighted by atomic mass is 35.5. The molecule has 5 nitrogen and oxygen atoms in total. The predicted molar refractivity (Wildman–Crippen MR) is 107 cm³/mol. The number of carbonyl (C=O) groups excluding carboxylic acids is 1. The number of anilines is 1. The molecular weight excluding hydrogens is 368 g/mol. The average Bonchev–Trinajstić information content (AvgIpc) is 3.11. The second-order valence-electron chi connectivity index (χ2n) is 6.78. The number of amides is 1. The lowest BCUT2D eigenvalue weighted by molar-refractivity contribution is -0.121. The number of hydrogen-bond acceptors (Lipinski definition) is 5. The summed E-state index contributed by atoms with van der Waals surface area (Å²) in [5, 5.41) is 4.80. The number of nitrogens with zero attached hydrogens (tertiary/aromatic N) is 3. The molecule has 0 saturated carbocycles. The van der Waals surface area contributed by atoms with E-state index in [1.165, 1.54) is 17.1 Å². The van der Waals surface area contributed by atoms with Crippen molar-refractivity contribution in [3.8, 4) is 0 Å². The van der Waals surface area contributed by atoms with E-state index < -0.39 is 0 Å². The van der Waals surface area contributed by atoms with Crippen LogP contribution in [0.3, 0.4) is 0 Å². The number of nitrogens with one attached hydrogen (secondary N) is 1. The number of carbonyl (C=O) groups is 1. The van der Waals surface area contributed by atoms with Crippen LogP contribution < -0.4 is 10.2 Å². The third-order valence-electron chi connectivity index (χ3n) is 4.68. The molecule has 0 spiro atoms. The Hall–Kier alpha value is -1.66. The number of rotatable bonds is 7. The highest BCUT2D eigenvalue weighted by Gasteiger charge is 2.22. The molecule has 1 aromatic heterocycles. The molecule has 2 heterocycles. The molecule has 1 aromatic carbocycles. The summed E-state index contributed by atoms with van der Waals surface area (Å²) in [5.74, 6) is 1.60. The van der Waals surface area contributed by atoms with Gasteiger partial charge in [0.25, 0.3) is 0 Å². The molecule has 0 unspecified atom stereocenters. The monoisotopic (exact) mass is 392 g/mol. The zero-order chi connectivity index (χ0) is 18.4. The SMILES string of the molecule is CCCC(=O)NCC1CCN(c2nc(Cc3ccc(Cl)cc3)ns2)CC1. The normalized spacial score (nSPS) is 15.2. The van der Waals surface area contributed by atoms with Crippen molar-refractivity contribution >= 4 is 34.2 Å². The van der Waals surface area contributed by atoms with E-state index in [0.717, 1.165) is 61.3 Å². The minimum atomic E-state index is 0.172. The summed E-state index contributed by atoms with van der Waals surface area (Å²) in [7, 11) is 0. The van der Waals surface area contributed by atoms with Crippen LogP contribution >= 0.6 is 23.1 Å². The molecule has 1 amide bonds. The zero-order valence-electron chi connectivity index (χ0n) is 15.1. The molecule has 2 aromatic rings. The van der Waals surface area contributed by atoms with E-state index in [4.69, 9.17) is 16.6 Å². The van der Waals surface area contributed by atoms with E-state index in [1.54, 1.807) is 0 Å². The van der Waals surface area contributed by atoms with Gasteiger partial charge < -0.3 is 10.2 Å². The van der Waals surface area contributed by atoms with Crippen molar-refractivity contribution in [3.05, 3.63) is 40.7 Å². The Balaban J connectivity index is 1.47. The summed E-state index contributed by atoms with van der Waals surface area (Å²) < 4.78 is 4.51. The van der Waals surface area contributed by atoms with Crippen LogP contribution in [0.5, 0.6) is 0 Å². The summed E-state index contributed by atoms with van der Waals surface area (Å²) in [5.41, 5.74) is 1.17. The fraction of sp³-hybridized carbons (Fsp3) is 0.526. The van der Waals surface area contributed by atoms with Gasteiger partial charge in [0.2, 0.25) is 11.0 Å². The lowest BCUT2D eigenvalue weighted by atomic mass is 9.97. The minimum absolute atomic E-state index is 0.172. The molecule has 1 N–H and O–H groups in total. The molecule has 1 aliphatic rings. The molecule has 7 heteroatoms. The molecule has 1 aliphatic heterocycles. The van der Waals surface area contributed by atoms with Crippen LogP contribution in [0.4, 0.5) is 5.13 Å². The topological polar surface area (TPSA) is 58.1 Å². The molecule has 0 atom stereocenters. The molecule has 26 heavy (non-hydrogen) atoms. The first kappa shape index (κ1) is 19.1. The zero-order valence-corrected chi connectivity index (χ0v) is 16.7. The standard InChI is InChI=1S/C19H25ClN4OS/c1-2-3-18(25)21-13-15-8-10-24(11-9-15)19-22-17(23-26-19)12-14-4-6-16(20)7-5-14/h4-7,15H,2-3,8-13H2,1H3,(H,21,25). The predicted octanol–water partition coefficient (Wildman–Crippen LogP) is 3.92. The van der Waals surface area contributed by atoms with Gasteiger partial charge in [0, 0.05) is 49.0 Å². The lowest BCUT2D eigenvalue weighted by Crippen LogP contribution is -2.38. The van der Waals surface area contributed by atoms with Crippen LogP contribution in [0.25, 0.3) is 0 Å². The number of halogens is 1. The minimum Gasteiger partial charge on any atom is -0.356 e. The van der Waals surface area contributed by atoms with Crippen LogP contribution in [0.2, 0.25) is 5.02 Å². The lowest BCUT2D eigenvalue weighted by Gasteiger charge is -2.31. The van der Waals surface area contributed by atoms with Crippen molar-refractivity contribution < 1.29 is 4.79 Å². The first-order chi connectivity index (χ1) is 12.6. The molecule has 1 fully saturated rings. The maximum atomic E-state index is 11.6. The summed E-state index contributed by atoms with van der Waals surface area (Å²) >= 11 is 7.40. The van der Waals surface area contributed by atoms with Gasteiger partial charge in [-0.3, -0.25) is 4.79 Å². The van der Waals surface area contributed by atoms with Crippen molar-refractivity contribution in [2.75, 3.05) is 24.5 Å². The van der Waals surface area contributed by atoms with Crippen LogP contribution in [-0.4, -0.2) is 34.9 Å². The average molecular weight is 393 g/mol. The van der Waals surface area contributed by atoms with E-state index in [2.05, 4.69) is 14.6 Å². The Kier molecular flexibility index (Phi) is 6.86. The second kappa shape index (κ2) is 9.33. The third kappa shape index (κ3) is 5.42. The van der Waals surface area contributed by atoms with Crippen molar-refractivity contribution in [1.82, 2.24) is 14.7 Å². The smallest absolute Gasteiger partial charge is 0.219 e. The van der Waals surface area contributed by atoms with Gasteiger partial charge in [-0.25, -0.2) is 4.98 Å². The summed E-state index contributed by atoms with van der Waals surface area (Å²) in [4.78, 5) is 18.6. The fourth-order valence-electron chi connectivity index (χ4n) is 3.13. The van der Waals surface area contributed by atoms with Crippen LogP contribution in [0, 0.1) is 5.92 Å². The Bertz CT molecular complexity index is 711. The van der Waals surface area contributed by atoms with E-state index >= 15 is 0 Å². The van der Waals surface area contributed by atoms with E-state index in [9.17, 15) is 4.79 Å². The van der Waals surface area contributed by atoms with Crippen LogP contribution in [-0.2, 0) is 11.2 Å². The molecule has 3 rings (SSSR count). The number of benzene rings is 1. The van der Waals surface area contributed by atoms with Crippen LogP contribution in [0.1, 0.15) is 44.0 Å². The molecule has 0 aliphatic carbocycles. The molecular formula is C19H25ClN4OS. The van der Waals surface area contributed by atoms with Crippen molar-refractivity contribution in [2.45, 2.75) is 39.0 Å². The van der Waals surface area contributed by atoms with Gasteiger partial charge in [-0.2, -0.15) is 4.37 Å². The Morgan fingerprint density at radius 2 is 2.04 bits per heavy atom. The van der Waals surface area contributed by atoms with Crippen molar-refractivity contribution in [2.24, 2.45) is 5.92 Å². The maximum absolute atomic E-state index is 11.6. The Labute approximate surface area is 163 Å². The first-order valence-corrected chi connectivity index (χ1v) is 10.4. The quantitative estimate of drug-likeness (QED) is 0.775. The van der Waals surface area contributed by atoms with Gasteiger partial charge in [-0.1, -0.05) is 30.7 Å². The summed E-state index contributed by atoms with van der Waals surface area (Å²) in [6, 6.07) is 7.82. The van der Waals surface area contributed by atoms with Gasteiger partial charge in [-0.05, 0) is 42.9 Å². The van der Waals surface area contributed by atoms with E-state index in [-0.39, 0.29) is 5.91 Å². The van der Waals surface area contributed by atoms with Crippen LogP contribution in [0.15, 0.2) is 24.3 Å². The Morgan fingerprint density at radius 3 is 2.73 bits per heavy atom. The van der Waals surface area contributed by atoms with Gasteiger partial charge in [0.15, 0.2) is 0 Å². The fourth-order valence-corrected chi connectivity index (χ4v) is 3.99. The molecule has 0 radical (unpaired) electrons. The maximum Gasteiger partial charge on any atom is 0.219 e. The van der Waals surface area contributed by atoms with Gasteiger partial charge in [0.1, 0.15) is 5.82 Å². The number of piperidine rings is 1. The van der Waals surface area contributed by atoms with Crippen molar-refractivity contribution in [1.29, 1.82) is 0 Å². The van der Waals surface area contributed by atoms with E-state index in [1.807, 2.05) is 31.2 Å². The van der Waals surface area contributed by atoms with Gasteiger partial charge in [-0.15, -0.1) is 0 Å². The van der Waals surface area contributed by atoms with Gasteiger partial charge in [0.05, 0.1) is 0 Å². The van der Waals surface area contributed by atoms with Gasteiger partial charge >= 0.3 is 0 Å². The summed E-state index contributed by atoms with van der Waals surface area (Å²) in [6.07, 6.45) is 4.42. The second-order valence-corrected chi connectivity index (χ2v) is 7.95. The molecule has 140 valence electrons. The van der Waals surface area contributed by atoms with E-state index in [0.29, 0.717) is 12.3 Å². The Morgan fingerprint density at radius 1 is 1.31 bits per heavy atom. The highest BCUT2D eigenvalue weighted by molar-refractivity contribution is 7.09. The number of hydrogen-bond donors (Lipinski definition) is 1. The third-order valence-corrected chi connectivity index (χ3v) is 5.75. The largest absolute Gasteiger partial charge is 0.356 e. The first-order valence-electron chi connectivity index (χ1n) is 9.22. The highest BCUT2D eigenvalue weighted by Crippen LogP contribution is 2.25. The molecule has 0 bridgehead atoms. The number of aromatic nitrogens is 2.